The third kappa shape index (κ3) is 6.04. The van der Waals surface area contributed by atoms with Crippen LogP contribution in [0.5, 0.6) is 0 Å². The Hall–Kier alpha value is -6.98. The van der Waals surface area contributed by atoms with Gasteiger partial charge in [0.05, 0.1) is 5.69 Å². The first kappa shape index (κ1) is 39.6. The minimum atomic E-state index is -0.223. The Labute approximate surface area is 382 Å². The van der Waals surface area contributed by atoms with Crippen molar-refractivity contribution in [1.29, 1.82) is 0 Å². The third-order valence-corrected chi connectivity index (χ3v) is 14.1. The fraction of sp³-hybridized carbons (Fsp3) is 0.200. The SMILES string of the molecule is CC(C)(C)c1ccc(N2B3c4cc5oc6ccccc6c5cc4N(c4ccc(C(C)(C)C)cc4-c4ccccc4)c4cc5oc6ccccc6c5c(c43)-c3ccc(C(C)(C)C)cc32)cc1. The molecule has 65 heavy (non-hydrogen) atoms. The lowest BCUT2D eigenvalue weighted by Gasteiger charge is -2.46. The Bertz CT molecular complexity index is 3560. The molecule has 0 radical (unpaired) electrons. The molecule has 8 aromatic carbocycles. The van der Waals surface area contributed by atoms with Crippen molar-refractivity contribution in [2.24, 2.45) is 0 Å². The number of rotatable bonds is 3. The Kier molecular flexibility index (Phi) is 8.39. The second-order valence-electron chi connectivity index (χ2n) is 21.4. The number of benzene rings is 8. The van der Waals surface area contributed by atoms with Crippen LogP contribution in [0.2, 0.25) is 0 Å². The minimum Gasteiger partial charge on any atom is -0.456 e. The van der Waals surface area contributed by atoms with Gasteiger partial charge in [0, 0.05) is 61.5 Å². The van der Waals surface area contributed by atoms with E-state index in [1.165, 1.54) is 55.6 Å². The standard InChI is InChI=1S/C60H53BN2O2/c1-58(2,3)37-23-27-40(28-24-37)63-48-32-39(60(7,8)9)25-29-42(48)56-55-43-20-14-16-22-52(43)65-54(55)35-50-57(56)61(63)46-34-53-45(41-19-13-15-21-51(41)64-53)33-49(46)62(50)47-30-26-38(59(4,5)6)31-44(47)36-17-11-10-12-18-36/h10-35H,1-9H3. The predicted octanol–water partition coefficient (Wildman–Crippen LogP) is 15.8. The zero-order valence-corrected chi connectivity index (χ0v) is 38.8. The minimum absolute atomic E-state index is 0.00922. The van der Waals surface area contributed by atoms with Crippen molar-refractivity contribution < 1.29 is 8.83 Å². The van der Waals surface area contributed by atoms with E-state index in [9.17, 15) is 0 Å². The Morgan fingerprint density at radius 3 is 1.72 bits per heavy atom. The fourth-order valence-corrected chi connectivity index (χ4v) is 10.6. The molecule has 5 heteroatoms. The molecule has 4 heterocycles. The number of anilines is 5. The van der Waals surface area contributed by atoms with E-state index in [2.05, 4.69) is 230 Å². The smallest absolute Gasteiger partial charge is 0.333 e. The molecule has 0 N–H and O–H groups in total. The number of hydrogen-bond donors (Lipinski definition) is 0. The van der Waals surface area contributed by atoms with E-state index in [1.807, 2.05) is 0 Å². The van der Waals surface area contributed by atoms with Crippen LogP contribution >= 0.6 is 0 Å². The second-order valence-corrected chi connectivity index (χ2v) is 21.4. The van der Waals surface area contributed by atoms with Crippen molar-refractivity contribution >= 4 is 90.1 Å². The molecule has 0 atom stereocenters. The summed E-state index contributed by atoms with van der Waals surface area (Å²) in [7, 11) is 0. The van der Waals surface area contributed by atoms with Crippen LogP contribution in [0, 0.1) is 0 Å². The van der Waals surface area contributed by atoms with Gasteiger partial charge >= 0.3 is 6.85 Å². The Morgan fingerprint density at radius 1 is 0.415 bits per heavy atom. The van der Waals surface area contributed by atoms with Gasteiger partial charge in [0.25, 0.3) is 0 Å². The quantitative estimate of drug-likeness (QED) is 0.166. The zero-order valence-electron chi connectivity index (χ0n) is 38.8. The maximum absolute atomic E-state index is 6.98. The first-order valence-corrected chi connectivity index (χ1v) is 23.1. The lowest BCUT2D eigenvalue weighted by molar-refractivity contribution is 0.590. The summed E-state index contributed by atoms with van der Waals surface area (Å²) >= 11 is 0. The van der Waals surface area contributed by atoms with E-state index in [0.29, 0.717) is 0 Å². The summed E-state index contributed by atoms with van der Waals surface area (Å²) in [6.45, 7) is 20.5. The van der Waals surface area contributed by atoms with Crippen molar-refractivity contribution in [3.63, 3.8) is 0 Å². The average molecular weight is 845 g/mol. The number of nitrogens with zero attached hydrogens (tertiary/aromatic N) is 2. The lowest BCUT2D eigenvalue weighted by Crippen LogP contribution is -2.61. The molecule has 2 aromatic heterocycles. The summed E-state index contributed by atoms with van der Waals surface area (Å²) in [5.74, 6) is 0. The summed E-state index contributed by atoms with van der Waals surface area (Å²) < 4.78 is 13.8. The van der Waals surface area contributed by atoms with Gasteiger partial charge in [-0.2, -0.15) is 0 Å². The van der Waals surface area contributed by atoms with Crippen molar-refractivity contribution in [3.8, 4) is 22.3 Å². The van der Waals surface area contributed by atoms with Crippen molar-refractivity contribution in [2.75, 3.05) is 9.71 Å². The van der Waals surface area contributed by atoms with Crippen LogP contribution in [0.25, 0.3) is 66.1 Å². The highest BCUT2D eigenvalue weighted by molar-refractivity contribution is 6.94. The molecule has 2 aliphatic rings. The van der Waals surface area contributed by atoms with Gasteiger partial charge in [-0.05, 0) is 110 Å². The van der Waals surface area contributed by atoms with Crippen molar-refractivity contribution in [1.82, 2.24) is 0 Å². The van der Waals surface area contributed by atoms with E-state index in [0.717, 1.165) is 66.6 Å². The van der Waals surface area contributed by atoms with Gasteiger partial charge in [-0.25, -0.2) is 0 Å². The van der Waals surface area contributed by atoms with Crippen LogP contribution in [0.4, 0.5) is 28.4 Å². The second kappa shape index (κ2) is 13.8. The summed E-state index contributed by atoms with van der Waals surface area (Å²) in [6, 6.07) is 58.6. The van der Waals surface area contributed by atoms with Crippen LogP contribution in [0.15, 0.2) is 167 Å². The highest BCUT2D eigenvalue weighted by atomic mass is 16.3. The first-order valence-electron chi connectivity index (χ1n) is 23.1. The number of furan rings is 2. The van der Waals surface area contributed by atoms with Crippen LogP contribution < -0.4 is 20.6 Å². The summed E-state index contributed by atoms with van der Waals surface area (Å²) in [4.78, 5) is 5.17. The molecule has 10 aromatic rings. The van der Waals surface area contributed by atoms with E-state index in [4.69, 9.17) is 8.83 Å². The van der Waals surface area contributed by atoms with Crippen LogP contribution in [-0.2, 0) is 16.2 Å². The zero-order chi connectivity index (χ0) is 44.7. The highest BCUT2D eigenvalue weighted by Crippen LogP contribution is 2.53. The largest absolute Gasteiger partial charge is 0.456 e. The molecular formula is C60H53BN2O2. The van der Waals surface area contributed by atoms with E-state index in [1.54, 1.807) is 0 Å². The summed E-state index contributed by atoms with van der Waals surface area (Å²) in [6.07, 6.45) is 0. The first-order chi connectivity index (χ1) is 31.1. The molecule has 4 nitrogen and oxygen atoms in total. The molecule has 2 aliphatic heterocycles. The summed E-state index contributed by atoms with van der Waals surface area (Å²) in [5.41, 5.74) is 20.2. The number of para-hydroxylation sites is 2. The fourth-order valence-electron chi connectivity index (χ4n) is 10.6. The topological polar surface area (TPSA) is 32.8 Å². The predicted molar refractivity (Wildman–Crippen MR) is 276 cm³/mol. The number of hydrogen-bond acceptors (Lipinski definition) is 4. The van der Waals surface area contributed by atoms with Gasteiger partial charge < -0.3 is 18.5 Å². The molecule has 0 spiro atoms. The molecule has 0 saturated heterocycles. The van der Waals surface area contributed by atoms with Crippen LogP contribution in [0.1, 0.15) is 79.0 Å². The maximum atomic E-state index is 6.98. The molecule has 0 amide bonds. The number of fused-ring (bicyclic) bond motifs is 11. The van der Waals surface area contributed by atoms with Gasteiger partial charge in [-0.1, -0.05) is 159 Å². The molecule has 0 saturated carbocycles. The van der Waals surface area contributed by atoms with Crippen molar-refractivity contribution in [2.45, 2.75) is 78.6 Å². The maximum Gasteiger partial charge on any atom is 0.333 e. The Balaban J connectivity index is 1.27. The molecule has 318 valence electrons. The molecular weight excluding hydrogens is 791 g/mol. The van der Waals surface area contributed by atoms with Crippen molar-refractivity contribution in [3.05, 3.63) is 174 Å². The van der Waals surface area contributed by atoms with Gasteiger partial charge in [-0.3, -0.25) is 0 Å². The monoisotopic (exact) mass is 844 g/mol. The normalized spacial score (nSPS) is 13.8. The van der Waals surface area contributed by atoms with Crippen LogP contribution in [0.3, 0.4) is 0 Å². The van der Waals surface area contributed by atoms with Gasteiger partial charge in [0.1, 0.15) is 22.3 Å². The van der Waals surface area contributed by atoms with E-state index in [-0.39, 0.29) is 23.1 Å². The molecule has 0 unspecified atom stereocenters. The van der Waals surface area contributed by atoms with Crippen LogP contribution in [-0.4, -0.2) is 6.85 Å². The van der Waals surface area contributed by atoms with Gasteiger partial charge in [0.2, 0.25) is 0 Å². The summed E-state index contributed by atoms with van der Waals surface area (Å²) in [5, 5.41) is 4.47. The average Bonchev–Trinajstić information content (AvgIpc) is 3.85. The Morgan fingerprint density at radius 2 is 1.02 bits per heavy atom. The van der Waals surface area contributed by atoms with Gasteiger partial charge in [0.15, 0.2) is 0 Å². The highest BCUT2D eigenvalue weighted by Gasteiger charge is 2.47. The van der Waals surface area contributed by atoms with E-state index < -0.39 is 0 Å². The lowest BCUT2D eigenvalue weighted by atomic mass is 9.43. The van der Waals surface area contributed by atoms with Gasteiger partial charge in [-0.15, -0.1) is 0 Å². The van der Waals surface area contributed by atoms with E-state index >= 15 is 0 Å². The third-order valence-electron chi connectivity index (χ3n) is 14.1. The molecule has 12 rings (SSSR count). The molecule has 0 bridgehead atoms. The molecule has 0 fully saturated rings. The molecule has 0 aliphatic carbocycles.